The van der Waals surface area contributed by atoms with Crippen LogP contribution in [0.1, 0.15) is 56.2 Å². The van der Waals surface area contributed by atoms with Crippen molar-refractivity contribution in [1.82, 2.24) is 5.32 Å². The lowest BCUT2D eigenvalue weighted by Gasteiger charge is -2.14. The van der Waals surface area contributed by atoms with E-state index in [2.05, 4.69) is 36.5 Å². The van der Waals surface area contributed by atoms with Crippen LogP contribution in [0.4, 0.5) is 0 Å². The number of benzene rings is 1. The first-order valence-electron chi connectivity index (χ1n) is 7.71. The van der Waals surface area contributed by atoms with E-state index in [-0.39, 0.29) is 0 Å². The van der Waals surface area contributed by atoms with Crippen LogP contribution in [0.25, 0.3) is 0 Å². The molecule has 2 rings (SSSR count). The Hall–Kier alpha value is -1.53. The van der Waals surface area contributed by atoms with E-state index < -0.39 is 0 Å². The highest BCUT2D eigenvalue weighted by Crippen LogP contribution is 2.33. The maximum atomic E-state index is 8.48. The van der Waals surface area contributed by atoms with Crippen LogP contribution in [0, 0.1) is 11.3 Å². The summed E-state index contributed by atoms with van der Waals surface area (Å²) >= 11 is 0. The lowest BCUT2D eigenvalue weighted by Crippen LogP contribution is -2.19. The number of nitrogens with zero attached hydrogens (tertiary/aromatic N) is 1. The zero-order valence-electron chi connectivity index (χ0n) is 12.3. The summed E-state index contributed by atoms with van der Waals surface area (Å²) in [6.45, 7) is 3.99. The van der Waals surface area contributed by atoms with Gasteiger partial charge in [-0.15, -0.1) is 0 Å². The summed E-state index contributed by atoms with van der Waals surface area (Å²) in [4.78, 5) is 0. The highest BCUT2D eigenvalue weighted by molar-refractivity contribution is 5.40. The molecular weight excluding hydrogens is 248 g/mol. The predicted molar refractivity (Wildman–Crippen MR) is 80.8 cm³/mol. The van der Waals surface area contributed by atoms with Crippen molar-refractivity contribution in [1.29, 1.82) is 5.26 Å². The molecule has 0 spiro atoms. The van der Waals surface area contributed by atoms with Gasteiger partial charge in [-0.05, 0) is 61.9 Å². The minimum absolute atomic E-state index is 0.523. The Labute approximate surface area is 121 Å². The van der Waals surface area contributed by atoms with E-state index in [4.69, 9.17) is 10.00 Å². The Morgan fingerprint density at radius 3 is 3.10 bits per heavy atom. The first-order chi connectivity index (χ1) is 9.85. The third-order valence-corrected chi connectivity index (χ3v) is 3.78. The van der Waals surface area contributed by atoms with Gasteiger partial charge in [-0.3, -0.25) is 0 Å². The van der Waals surface area contributed by atoms with E-state index in [0.29, 0.717) is 19.1 Å². The molecule has 0 bridgehead atoms. The van der Waals surface area contributed by atoms with Gasteiger partial charge >= 0.3 is 0 Å². The highest BCUT2D eigenvalue weighted by atomic mass is 16.5. The maximum Gasteiger partial charge on any atom is 0.119 e. The van der Waals surface area contributed by atoms with Crippen LogP contribution in [0.3, 0.4) is 0 Å². The molecule has 0 fully saturated rings. The molecule has 20 heavy (non-hydrogen) atoms. The molecule has 1 aliphatic carbocycles. The van der Waals surface area contributed by atoms with Crippen molar-refractivity contribution in [3.8, 4) is 11.8 Å². The van der Waals surface area contributed by atoms with Crippen LogP contribution in [0.5, 0.6) is 5.75 Å². The molecule has 108 valence electrons. The molecule has 1 aromatic carbocycles. The van der Waals surface area contributed by atoms with Crippen LogP contribution in [-0.2, 0) is 6.42 Å². The summed E-state index contributed by atoms with van der Waals surface area (Å²) in [6.07, 6.45) is 6.01. The van der Waals surface area contributed by atoms with E-state index >= 15 is 0 Å². The topological polar surface area (TPSA) is 45.0 Å². The molecule has 0 saturated carbocycles. The van der Waals surface area contributed by atoms with E-state index in [1.807, 2.05) is 0 Å². The monoisotopic (exact) mass is 272 g/mol. The average Bonchev–Trinajstić information content (AvgIpc) is 2.87. The number of rotatable bonds is 8. The fourth-order valence-corrected chi connectivity index (χ4v) is 2.71. The quantitative estimate of drug-likeness (QED) is 0.733. The zero-order valence-corrected chi connectivity index (χ0v) is 12.3. The van der Waals surface area contributed by atoms with Gasteiger partial charge in [-0.1, -0.05) is 13.0 Å². The van der Waals surface area contributed by atoms with E-state index in [9.17, 15) is 0 Å². The Morgan fingerprint density at radius 1 is 1.40 bits per heavy atom. The number of hydrogen-bond donors (Lipinski definition) is 1. The van der Waals surface area contributed by atoms with Gasteiger partial charge in [-0.2, -0.15) is 5.26 Å². The van der Waals surface area contributed by atoms with Crippen LogP contribution in [0.2, 0.25) is 0 Å². The minimum atomic E-state index is 0.523. The number of aryl methyl sites for hydroxylation is 1. The first-order valence-corrected chi connectivity index (χ1v) is 7.71. The summed E-state index contributed by atoms with van der Waals surface area (Å²) < 4.78 is 5.76. The fraction of sp³-hybridized carbons (Fsp3) is 0.588. The third-order valence-electron chi connectivity index (χ3n) is 3.78. The molecule has 0 saturated heterocycles. The van der Waals surface area contributed by atoms with Crippen molar-refractivity contribution in [2.45, 2.75) is 51.5 Å². The van der Waals surface area contributed by atoms with Crippen LogP contribution < -0.4 is 10.1 Å². The summed E-state index contributed by atoms with van der Waals surface area (Å²) in [6, 6.07) is 9.16. The molecule has 1 aromatic rings. The second-order valence-corrected chi connectivity index (χ2v) is 5.37. The van der Waals surface area contributed by atoms with Crippen LogP contribution >= 0.6 is 0 Å². The number of nitrogens with one attached hydrogen (secondary N) is 1. The average molecular weight is 272 g/mol. The Balaban J connectivity index is 1.85. The molecule has 0 amide bonds. The van der Waals surface area contributed by atoms with E-state index in [1.165, 1.54) is 24.0 Å². The van der Waals surface area contributed by atoms with Gasteiger partial charge in [0.2, 0.25) is 0 Å². The lowest BCUT2D eigenvalue weighted by atomic mass is 10.1. The van der Waals surface area contributed by atoms with Gasteiger partial charge in [0.25, 0.3) is 0 Å². The van der Waals surface area contributed by atoms with E-state index in [0.717, 1.165) is 31.6 Å². The molecule has 1 aliphatic rings. The number of hydrogen-bond acceptors (Lipinski definition) is 3. The van der Waals surface area contributed by atoms with Crippen molar-refractivity contribution in [3.05, 3.63) is 29.3 Å². The predicted octanol–water partition coefficient (Wildman–Crippen LogP) is 3.75. The number of nitriles is 1. The van der Waals surface area contributed by atoms with Gasteiger partial charge in [0, 0.05) is 12.5 Å². The van der Waals surface area contributed by atoms with Gasteiger partial charge in [0.1, 0.15) is 5.75 Å². The smallest absolute Gasteiger partial charge is 0.119 e. The molecule has 1 unspecified atom stereocenters. The molecule has 3 heteroatoms. The van der Waals surface area contributed by atoms with Crippen molar-refractivity contribution in [2.24, 2.45) is 0 Å². The van der Waals surface area contributed by atoms with Crippen LogP contribution in [0.15, 0.2) is 18.2 Å². The van der Waals surface area contributed by atoms with Crippen molar-refractivity contribution in [2.75, 3.05) is 13.2 Å². The van der Waals surface area contributed by atoms with Crippen LogP contribution in [-0.4, -0.2) is 13.2 Å². The molecule has 1 N–H and O–H groups in total. The number of ether oxygens (including phenoxy) is 1. The molecule has 0 aromatic heterocycles. The molecule has 0 aliphatic heterocycles. The summed E-state index contributed by atoms with van der Waals surface area (Å²) in [5.41, 5.74) is 2.86. The molecular formula is C17H24N2O. The molecule has 3 nitrogen and oxygen atoms in total. The number of unbranched alkanes of at least 4 members (excludes halogenated alkanes) is 2. The largest absolute Gasteiger partial charge is 0.494 e. The molecule has 1 atom stereocenters. The summed E-state index contributed by atoms with van der Waals surface area (Å²) in [5.74, 6) is 0.969. The highest BCUT2D eigenvalue weighted by Gasteiger charge is 2.21. The van der Waals surface area contributed by atoms with Gasteiger partial charge in [0.15, 0.2) is 0 Å². The minimum Gasteiger partial charge on any atom is -0.494 e. The number of fused-ring (bicyclic) bond motifs is 1. The summed E-state index contributed by atoms with van der Waals surface area (Å²) in [7, 11) is 0. The van der Waals surface area contributed by atoms with Gasteiger partial charge in [0.05, 0.1) is 12.7 Å². The first kappa shape index (κ1) is 14.9. The normalized spacial score (nSPS) is 16.7. The Kier molecular flexibility index (Phi) is 5.88. The van der Waals surface area contributed by atoms with Crippen molar-refractivity contribution >= 4 is 0 Å². The van der Waals surface area contributed by atoms with Crippen molar-refractivity contribution < 1.29 is 4.74 Å². The third kappa shape index (κ3) is 3.98. The second kappa shape index (κ2) is 7.91. The second-order valence-electron chi connectivity index (χ2n) is 5.37. The van der Waals surface area contributed by atoms with Crippen molar-refractivity contribution in [3.63, 3.8) is 0 Å². The maximum absolute atomic E-state index is 8.48. The Morgan fingerprint density at radius 2 is 2.30 bits per heavy atom. The van der Waals surface area contributed by atoms with Gasteiger partial charge in [-0.25, -0.2) is 0 Å². The lowest BCUT2D eigenvalue weighted by molar-refractivity contribution is 0.307. The van der Waals surface area contributed by atoms with E-state index in [1.54, 1.807) is 0 Å². The Bertz CT molecular complexity index is 465. The van der Waals surface area contributed by atoms with Gasteiger partial charge < -0.3 is 10.1 Å². The SMILES string of the molecule is CCCNC1CCc2cc(OCCCCC#N)ccc21. The zero-order chi connectivity index (χ0) is 14.2. The summed E-state index contributed by atoms with van der Waals surface area (Å²) in [5, 5.41) is 12.1. The molecule has 0 radical (unpaired) electrons. The standard InChI is InChI=1S/C17H24N2O/c1-2-11-19-17-9-6-14-13-15(7-8-16(14)17)20-12-5-3-4-10-18/h7-8,13,17,19H,2-6,9,11-12H2,1H3. The molecule has 0 heterocycles. The fourth-order valence-electron chi connectivity index (χ4n) is 2.71.